The molecule has 6 nitrogen and oxygen atoms in total. The van der Waals surface area contributed by atoms with Gasteiger partial charge in [0.1, 0.15) is 0 Å². The van der Waals surface area contributed by atoms with Crippen LogP contribution in [-0.2, 0) is 27.5 Å². The summed E-state index contributed by atoms with van der Waals surface area (Å²) in [5.41, 5.74) is 1.31. The first-order valence-electron chi connectivity index (χ1n) is 10.4. The number of hydrogen-bond donors (Lipinski definition) is 2. The summed E-state index contributed by atoms with van der Waals surface area (Å²) in [6.07, 6.45) is -2.56. The maximum Gasteiger partial charge on any atom is 0.416 e. The van der Waals surface area contributed by atoms with Gasteiger partial charge < -0.3 is 0 Å². The highest BCUT2D eigenvalue weighted by Crippen LogP contribution is 2.34. The molecule has 0 bridgehead atoms. The molecule has 1 amide bonds. The van der Waals surface area contributed by atoms with Gasteiger partial charge in [-0.1, -0.05) is 34.1 Å². The Bertz CT molecular complexity index is 1090. The normalized spacial score (nSPS) is 19.5. The van der Waals surface area contributed by atoms with E-state index in [-0.39, 0.29) is 24.9 Å². The second-order valence-electron chi connectivity index (χ2n) is 8.15. The van der Waals surface area contributed by atoms with E-state index in [9.17, 15) is 26.4 Å². The minimum Gasteiger partial charge on any atom is -0.289 e. The van der Waals surface area contributed by atoms with Crippen molar-refractivity contribution in [2.45, 2.75) is 43.3 Å². The predicted molar refractivity (Wildman–Crippen MR) is 119 cm³/mol. The van der Waals surface area contributed by atoms with Crippen molar-refractivity contribution in [1.82, 2.24) is 9.79 Å². The summed E-state index contributed by atoms with van der Waals surface area (Å²) in [6, 6.07) is 10.8. The van der Waals surface area contributed by atoms with E-state index in [1.54, 1.807) is 29.7 Å². The number of hydroxylamine groups is 1. The van der Waals surface area contributed by atoms with Gasteiger partial charge in [0, 0.05) is 23.5 Å². The van der Waals surface area contributed by atoms with E-state index in [2.05, 4.69) is 15.9 Å². The molecule has 0 unspecified atom stereocenters. The molecule has 0 atom stereocenters. The monoisotopic (exact) mass is 548 g/mol. The molecule has 0 saturated heterocycles. The molecule has 180 valence electrons. The van der Waals surface area contributed by atoms with Crippen LogP contribution in [0.15, 0.2) is 57.9 Å². The molecule has 1 fully saturated rings. The van der Waals surface area contributed by atoms with Crippen LogP contribution in [-0.4, -0.2) is 30.4 Å². The van der Waals surface area contributed by atoms with E-state index in [0.717, 1.165) is 16.6 Å². The minimum absolute atomic E-state index is 0.00489. The van der Waals surface area contributed by atoms with Crippen LogP contribution in [0.4, 0.5) is 13.2 Å². The van der Waals surface area contributed by atoms with Gasteiger partial charge in [0.05, 0.1) is 10.5 Å². The zero-order valence-corrected chi connectivity index (χ0v) is 20.0. The van der Waals surface area contributed by atoms with Crippen LogP contribution in [0.5, 0.6) is 0 Å². The third kappa shape index (κ3) is 6.56. The molecule has 0 heterocycles. The summed E-state index contributed by atoms with van der Waals surface area (Å²) in [7, 11) is -4.23. The number of nitrogens with one attached hydrogen (secondary N) is 1. The van der Waals surface area contributed by atoms with E-state index in [1.165, 1.54) is 10.4 Å². The van der Waals surface area contributed by atoms with Crippen LogP contribution in [0.2, 0.25) is 0 Å². The highest BCUT2D eigenvalue weighted by molar-refractivity contribution is 9.10. The molecule has 3 rings (SSSR count). The molecule has 1 aliphatic rings. The van der Waals surface area contributed by atoms with Crippen molar-refractivity contribution < 1.29 is 31.6 Å². The topological polar surface area (TPSA) is 86.7 Å². The van der Waals surface area contributed by atoms with Crippen molar-refractivity contribution >= 4 is 31.9 Å². The average Bonchev–Trinajstić information content (AvgIpc) is 2.78. The molecule has 0 spiro atoms. The fourth-order valence-corrected chi connectivity index (χ4v) is 6.05. The number of nitrogens with zero attached hydrogens (tertiary/aromatic N) is 1. The summed E-state index contributed by atoms with van der Waals surface area (Å²) in [5, 5.41) is 8.83. The first-order valence-corrected chi connectivity index (χ1v) is 12.6. The fraction of sp³-hybridized carbons (Fsp3) is 0.409. The number of alkyl halides is 3. The molecule has 2 N–H and O–H groups in total. The predicted octanol–water partition coefficient (Wildman–Crippen LogP) is 4.97. The Kier molecular flexibility index (Phi) is 8.20. The molecule has 2 aromatic rings. The summed E-state index contributed by atoms with van der Waals surface area (Å²) in [6.45, 7) is 0.105. The Morgan fingerprint density at radius 2 is 1.76 bits per heavy atom. The van der Waals surface area contributed by atoms with Gasteiger partial charge in [-0.3, -0.25) is 10.0 Å². The Morgan fingerprint density at radius 1 is 1.09 bits per heavy atom. The molecule has 11 heteroatoms. The van der Waals surface area contributed by atoms with E-state index in [4.69, 9.17) is 5.21 Å². The van der Waals surface area contributed by atoms with E-state index in [1.807, 2.05) is 0 Å². The molecular formula is C22H24BrF3N2O4S. The Hall–Kier alpha value is -1.95. The van der Waals surface area contributed by atoms with Gasteiger partial charge in [-0.05, 0) is 67.5 Å². The van der Waals surface area contributed by atoms with E-state index >= 15 is 0 Å². The second-order valence-corrected chi connectivity index (χ2v) is 11.0. The number of amides is 1. The molecule has 1 aliphatic carbocycles. The third-order valence-corrected chi connectivity index (χ3v) is 8.14. The van der Waals surface area contributed by atoms with Gasteiger partial charge in [-0.25, -0.2) is 13.9 Å². The number of hydrogen-bond acceptors (Lipinski definition) is 4. The molecule has 0 aliphatic heterocycles. The number of halogens is 4. The van der Waals surface area contributed by atoms with E-state index < -0.39 is 32.6 Å². The first kappa shape index (κ1) is 25.7. The zero-order chi connectivity index (χ0) is 24.2. The Morgan fingerprint density at radius 3 is 2.36 bits per heavy atom. The van der Waals surface area contributed by atoms with Crippen molar-refractivity contribution in [3.8, 4) is 0 Å². The van der Waals surface area contributed by atoms with Crippen LogP contribution in [0.3, 0.4) is 0 Å². The Balaban J connectivity index is 1.88. The van der Waals surface area contributed by atoms with Crippen molar-refractivity contribution in [2.24, 2.45) is 11.8 Å². The van der Waals surface area contributed by atoms with Gasteiger partial charge in [-0.2, -0.15) is 17.5 Å². The van der Waals surface area contributed by atoms with Gasteiger partial charge in [0.2, 0.25) is 15.9 Å². The third-order valence-electron chi connectivity index (χ3n) is 5.84. The van der Waals surface area contributed by atoms with Crippen LogP contribution < -0.4 is 5.48 Å². The number of carbonyl (C=O) groups is 1. The van der Waals surface area contributed by atoms with Crippen LogP contribution >= 0.6 is 15.9 Å². The summed E-state index contributed by atoms with van der Waals surface area (Å²) in [4.78, 5) is 11.2. The van der Waals surface area contributed by atoms with Gasteiger partial charge in [-0.15, -0.1) is 0 Å². The molecule has 33 heavy (non-hydrogen) atoms. The standard InChI is InChI=1S/C22H24BrF3N2O4S/c23-19-5-1-3-16(11-19)14-28(13-15-7-9-17(10-8-15)21(29)27-30)33(31,32)20-6-2-4-18(12-20)22(24,25)26/h1-6,11-12,15,17,30H,7-10,13-14H2,(H,27,29). The quantitative estimate of drug-likeness (QED) is 0.377. The van der Waals surface area contributed by atoms with Gasteiger partial charge >= 0.3 is 6.18 Å². The number of benzene rings is 2. The summed E-state index contributed by atoms with van der Waals surface area (Å²) < 4.78 is 68.4. The zero-order valence-electron chi connectivity index (χ0n) is 17.6. The SMILES string of the molecule is O=C(NO)C1CCC(CN(Cc2cccc(Br)c2)S(=O)(=O)c2cccc(C(F)(F)F)c2)CC1. The average molecular weight is 549 g/mol. The minimum atomic E-state index is -4.66. The van der Waals surface area contributed by atoms with Crippen molar-refractivity contribution in [3.63, 3.8) is 0 Å². The largest absolute Gasteiger partial charge is 0.416 e. The smallest absolute Gasteiger partial charge is 0.289 e. The molecule has 1 saturated carbocycles. The fourth-order valence-electron chi connectivity index (χ4n) is 4.06. The Labute approximate surface area is 198 Å². The van der Waals surface area contributed by atoms with Crippen LogP contribution in [0.25, 0.3) is 0 Å². The second kappa shape index (κ2) is 10.5. The van der Waals surface area contributed by atoms with Crippen molar-refractivity contribution in [3.05, 3.63) is 64.1 Å². The van der Waals surface area contributed by atoms with Gasteiger partial charge in [0.15, 0.2) is 0 Å². The van der Waals surface area contributed by atoms with Crippen LogP contribution in [0.1, 0.15) is 36.8 Å². The van der Waals surface area contributed by atoms with Crippen molar-refractivity contribution in [2.75, 3.05) is 6.54 Å². The van der Waals surface area contributed by atoms with E-state index in [0.29, 0.717) is 37.3 Å². The molecule has 0 aromatic heterocycles. The molecule has 0 radical (unpaired) electrons. The first-order chi connectivity index (χ1) is 15.5. The number of sulfonamides is 1. The molecular weight excluding hydrogens is 525 g/mol. The van der Waals surface area contributed by atoms with Crippen LogP contribution in [0, 0.1) is 11.8 Å². The highest BCUT2D eigenvalue weighted by atomic mass is 79.9. The molecule has 2 aromatic carbocycles. The maximum absolute atomic E-state index is 13.4. The lowest BCUT2D eigenvalue weighted by atomic mass is 9.81. The van der Waals surface area contributed by atoms with Gasteiger partial charge in [0.25, 0.3) is 0 Å². The number of carbonyl (C=O) groups excluding carboxylic acids is 1. The lowest BCUT2D eigenvalue weighted by Crippen LogP contribution is -2.38. The lowest BCUT2D eigenvalue weighted by Gasteiger charge is -2.32. The lowest BCUT2D eigenvalue weighted by molar-refractivity contribution is -0.137. The highest BCUT2D eigenvalue weighted by Gasteiger charge is 2.35. The summed E-state index contributed by atoms with van der Waals surface area (Å²) >= 11 is 3.35. The number of rotatable bonds is 7. The summed E-state index contributed by atoms with van der Waals surface area (Å²) in [5.74, 6) is -0.874. The van der Waals surface area contributed by atoms with Crippen molar-refractivity contribution in [1.29, 1.82) is 0 Å². The maximum atomic E-state index is 13.4.